The number of rotatable bonds is 6. The summed E-state index contributed by atoms with van der Waals surface area (Å²) in [6.45, 7) is 4.05. The van der Waals surface area contributed by atoms with E-state index in [1.807, 2.05) is 0 Å². The molecule has 1 heterocycles. The van der Waals surface area contributed by atoms with Crippen molar-refractivity contribution >= 4 is 11.4 Å². The summed E-state index contributed by atoms with van der Waals surface area (Å²) in [6, 6.07) is 4.75. The van der Waals surface area contributed by atoms with Crippen molar-refractivity contribution in [3.63, 3.8) is 0 Å². The normalized spacial score (nSPS) is 15.8. The average Bonchev–Trinajstić information content (AvgIpc) is 2.48. The van der Waals surface area contributed by atoms with E-state index >= 15 is 0 Å². The number of hydrogen-bond acceptors (Lipinski definition) is 5. The van der Waals surface area contributed by atoms with E-state index in [-0.39, 0.29) is 5.69 Å². The number of non-ortho nitro benzene ring substituents is 1. The standard InChI is InChI=1S/C14H21N3O3/c1-20-14-10-12(9-13(11-14)17(18)19)15-5-8-16-6-3-2-4-7-16/h9-11,15H,2-8H2,1H3. The molecule has 0 unspecified atom stereocenters. The van der Waals surface area contributed by atoms with E-state index in [2.05, 4.69) is 10.2 Å². The van der Waals surface area contributed by atoms with Crippen LogP contribution in [0.2, 0.25) is 0 Å². The summed E-state index contributed by atoms with van der Waals surface area (Å²) < 4.78 is 5.09. The fourth-order valence-corrected chi connectivity index (χ4v) is 2.45. The van der Waals surface area contributed by atoms with Gasteiger partial charge in [-0.25, -0.2) is 0 Å². The Morgan fingerprint density at radius 3 is 2.70 bits per heavy atom. The molecule has 0 aliphatic carbocycles. The summed E-state index contributed by atoms with van der Waals surface area (Å²) in [4.78, 5) is 12.9. The Morgan fingerprint density at radius 2 is 2.05 bits per heavy atom. The Morgan fingerprint density at radius 1 is 1.30 bits per heavy atom. The van der Waals surface area contributed by atoms with E-state index in [0.717, 1.165) is 31.9 Å². The summed E-state index contributed by atoms with van der Waals surface area (Å²) in [5, 5.41) is 14.1. The molecule has 1 aliphatic rings. The predicted molar refractivity (Wildman–Crippen MR) is 78.4 cm³/mol. The summed E-state index contributed by atoms with van der Waals surface area (Å²) in [6.07, 6.45) is 3.86. The number of methoxy groups -OCH3 is 1. The third-order valence-corrected chi connectivity index (χ3v) is 3.54. The first-order valence-corrected chi connectivity index (χ1v) is 6.99. The molecule has 0 aromatic heterocycles. The van der Waals surface area contributed by atoms with Gasteiger partial charge >= 0.3 is 0 Å². The lowest BCUT2D eigenvalue weighted by Gasteiger charge is -2.26. The first-order valence-electron chi connectivity index (χ1n) is 6.99. The largest absolute Gasteiger partial charge is 0.496 e. The highest BCUT2D eigenvalue weighted by molar-refractivity contribution is 5.56. The van der Waals surface area contributed by atoms with Crippen LogP contribution in [-0.4, -0.2) is 43.1 Å². The molecule has 1 aromatic carbocycles. The Bertz CT molecular complexity index is 459. The van der Waals surface area contributed by atoms with Gasteiger partial charge < -0.3 is 15.0 Å². The zero-order chi connectivity index (χ0) is 14.4. The van der Waals surface area contributed by atoms with E-state index < -0.39 is 4.92 Å². The molecule has 0 atom stereocenters. The van der Waals surface area contributed by atoms with Gasteiger partial charge in [0.2, 0.25) is 0 Å². The Labute approximate surface area is 118 Å². The third kappa shape index (κ3) is 4.09. The van der Waals surface area contributed by atoms with Crippen molar-refractivity contribution in [2.75, 3.05) is 38.6 Å². The molecule has 1 aliphatic heterocycles. The monoisotopic (exact) mass is 279 g/mol. The minimum atomic E-state index is -0.404. The van der Waals surface area contributed by atoms with Gasteiger partial charge in [0.05, 0.1) is 18.1 Å². The predicted octanol–water partition coefficient (Wildman–Crippen LogP) is 2.50. The van der Waals surface area contributed by atoms with Crippen LogP contribution in [0, 0.1) is 10.1 Å². The fraction of sp³-hybridized carbons (Fsp3) is 0.571. The maximum absolute atomic E-state index is 10.9. The zero-order valence-electron chi connectivity index (χ0n) is 11.8. The highest BCUT2D eigenvalue weighted by Crippen LogP contribution is 2.25. The number of ether oxygens (including phenoxy) is 1. The molecule has 20 heavy (non-hydrogen) atoms. The van der Waals surface area contributed by atoms with E-state index in [9.17, 15) is 10.1 Å². The molecule has 0 radical (unpaired) electrons. The van der Waals surface area contributed by atoms with Crippen molar-refractivity contribution in [3.05, 3.63) is 28.3 Å². The zero-order valence-corrected chi connectivity index (χ0v) is 11.8. The molecule has 1 saturated heterocycles. The molecule has 1 aromatic rings. The number of nitro benzene ring substituents is 1. The molecular weight excluding hydrogens is 258 g/mol. The topological polar surface area (TPSA) is 67.6 Å². The fourth-order valence-electron chi connectivity index (χ4n) is 2.45. The van der Waals surface area contributed by atoms with Crippen LogP contribution in [0.1, 0.15) is 19.3 Å². The molecule has 6 nitrogen and oxygen atoms in total. The number of nitro groups is 1. The average molecular weight is 279 g/mol. The van der Waals surface area contributed by atoms with Crippen LogP contribution in [-0.2, 0) is 0 Å². The number of piperidine rings is 1. The molecule has 0 spiro atoms. The SMILES string of the molecule is COc1cc(NCCN2CCCCC2)cc([N+](=O)[O-])c1. The van der Waals surface area contributed by atoms with Gasteiger partial charge in [-0.3, -0.25) is 10.1 Å². The van der Waals surface area contributed by atoms with Crippen LogP contribution >= 0.6 is 0 Å². The maximum Gasteiger partial charge on any atom is 0.275 e. The molecular formula is C14H21N3O3. The van der Waals surface area contributed by atoms with Crippen LogP contribution in [0.5, 0.6) is 5.75 Å². The van der Waals surface area contributed by atoms with E-state index in [0.29, 0.717) is 5.75 Å². The van der Waals surface area contributed by atoms with Crippen molar-refractivity contribution < 1.29 is 9.66 Å². The first-order chi connectivity index (χ1) is 9.69. The van der Waals surface area contributed by atoms with E-state index in [1.54, 1.807) is 12.1 Å². The lowest BCUT2D eigenvalue weighted by atomic mass is 10.1. The van der Waals surface area contributed by atoms with Gasteiger partial charge in [0.1, 0.15) is 5.75 Å². The summed E-state index contributed by atoms with van der Waals surface area (Å²) in [7, 11) is 1.51. The highest BCUT2D eigenvalue weighted by atomic mass is 16.6. The lowest BCUT2D eigenvalue weighted by Crippen LogP contribution is -2.33. The quantitative estimate of drug-likeness (QED) is 0.640. The van der Waals surface area contributed by atoms with Crippen molar-refractivity contribution in [2.45, 2.75) is 19.3 Å². The number of anilines is 1. The second-order valence-electron chi connectivity index (χ2n) is 5.01. The smallest absolute Gasteiger partial charge is 0.275 e. The summed E-state index contributed by atoms with van der Waals surface area (Å²) in [5.41, 5.74) is 0.776. The third-order valence-electron chi connectivity index (χ3n) is 3.54. The van der Waals surface area contributed by atoms with Crippen molar-refractivity contribution in [3.8, 4) is 5.75 Å². The second-order valence-corrected chi connectivity index (χ2v) is 5.01. The Hall–Kier alpha value is -1.82. The van der Waals surface area contributed by atoms with Gasteiger partial charge in [0.25, 0.3) is 5.69 Å². The van der Waals surface area contributed by atoms with Crippen LogP contribution in [0.3, 0.4) is 0 Å². The minimum absolute atomic E-state index is 0.0461. The molecule has 1 fully saturated rings. The number of benzene rings is 1. The van der Waals surface area contributed by atoms with Gasteiger partial charge in [0.15, 0.2) is 0 Å². The van der Waals surface area contributed by atoms with Crippen LogP contribution in [0.4, 0.5) is 11.4 Å². The highest BCUT2D eigenvalue weighted by Gasteiger charge is 2.11. The Kier molecular flexibility index (Phi) is 5.17. The molecule has 0 saturated carbocycles. The van der Waals surface area contributed by atoms with Crippen LogP contribution in [0.15, 0.2) is 18.2 Å². The van der Waals surface area contributed by atoms with Crippen molar-refractivity contribution in [1.29, 1.82) is 0 Å². The van der Waals surface area contributed by atoms with Crippen molar-refractivity contribution in [2.24, 2.45) is 0 Å². The number of likely N-dealkylation sites (tertiary alicyclic amines) is 1. The number of nitrogens with one attached hydrogen (secondary N) is 1. The summed E-state index contributed by atoms with van der Waals surface area (Å²) >= 11 is 0. The Balaban J connectivity index is 1.91. The molecule has 0 amide bonds. The van der Waals surface area contributed by atoms with E-state index in [1.165, 1.54) is 32.4 Å². The molecule has 6 heteroatoms. The molecule has 1 N–H and O–H groups in total. The van der Waals surface area contributed by atoms with Crippen LogP contribution in [0.25, 0.3) is 0 Å². The van der Waals surface area contributed by atoms with E-state index in [4.69, 9.17) is 4.74 Å². The number of nitrogens with zero attached hydrogens (tertiary/aromatic N) is 2. The van der Waals surface area contributed by atoms with Gasteiger partial charge in [-0.2, -0.15) is 0 Å². The summed E-state index contributed by atoms with van der Waals surface area (Å²) in [5.74, 6) is 0.500. The van der Waals surface area contributed by atoms with Gasteiger partial charge in [-0.15, -0.1) is 0 Å². The van der Waals surface area contributed by atoms with Gasteiger partial charge in [0, 0.05) is 30.9 Å². The van der Waals surface area contributed by atoms with Crippen LogP contribution < -0.4 is 10.1 Å². The second kappa shape index (κ2) is 7.09. The number of hydrogen-bond donors (Lipinski definition) is 1. The molecule has 2 rings (SSSR count). The minimum Gasteiger partial charge on any atom is -0.496 e. The van der Waals surface area contributed by atoms with Crippen molar-refractivity contribution in [1.82, 2.24) is 4.90 Å². The maximum atomic E-state index is 10.9. The first kappa shape index (κ1) is 14.6. The molecule has 110 valence electrons. The lowest BCUT2D eigenvalue weighted by molar-refractivity contribution is -0.384. The van der Waals surface area contributed by atoms with Gasteiger partial charge in [-0.1, -0.05) is 6.42 Å². The van der Waals surface area contributed by atoms with Gasteiger partial charge in [-0.05, 0) is 25.9 Å². The molecule has 0 bridgehead atoms.